The summed E-state index contributed by atoms with van der Waals surface area (Å²) in [5.74, 6) is -0.595. The number of nitrogens with one attached hydrogen (secondary N) is 2. The number of halogens is 1. The van der Waals surface area contributed by atoms with Crippen molar-refractivity contribution in [2.75, 3.05) is 31.6 Å². The highest BCUT2D eigenvalue weighted by atomic mass is 35.5. The van der Waals surface area contributed by atoms with E-state index in [0.717, 1.165) is 52.0 Å². The summed E-state index contributed by atoms with van der Waals surface area (Å²) in [6.07, 6.45) is 4.07. The summed E-state index contributed by atoms with van der Waals surface area (Å²) >= 11 is 6.00. The molecule has 3 amide bonds. The fraction of sp³-hybridized carbons (Fsp3) is 0.556. The van der Waals surface area contributed by atoms with Crippen molar-refractivity contribution in [2.45, 2.75) is 37.8 Å². The standard InChI is InChI=1S/C18H25ClN4O3/c19-16-11-13(1-2-15(16)17(20)24)22-18(25)21-12-3-7-23(8-4-12)14-5-9-26-10-6-14/h1-2,11-12,14H,3-10H2,(H2,20,24)(H2,21,22,25). The topological polar surface area (TPSA) is 96.7 Å². The summed E-state index contributed by atoms with van der Waals surface area (Å²) in [5.41, 5.74) is 5.98. The minimum atomic E-state index is -0.595. The number of urea groups is 1. The number of anilines is 1. The second-order valence-electron chi connectivity index (χ2n) is 6.81. The molecular formula is C18H25ClN4O3. The number of nitrogens with two attached hydrogens (primary N) is 1. The smallest absolute Gasteiger partial charge is 0.319 e. The van der Waals surface area contributed by atoms with E-state index < -0.39 is 5.91 Å². The highest BCUT2D eigenvalue weighted by Gasteiger charge is 2.27. The van der Waals surface area contributed by atoms with Gasteiger partial charge < -0.3 is 26.0 Å². The van der Waals surface area contributed by atoms with Crippen molar-refractivity contribution in [1.82, 2.24) is 10.2 Å². The van der Waals surface area contributed by atoms with Gasteiger partial charge in [-0.1, -0.05) is 11.6 Å². The summed E-state index contributed by atoms with van der Waals surface area (Å²) in [6.45, 7) is 3.69. The van der Waals surface area contributed by atoms with Crippen molar-refractivity contribution in [1.29, 1.82) is 0 Å². The van der Waals surface area contributed by atoms with Crippen LogP contribution in [0.1, 0.15) is 36.0 Å². The van der Waals surface area contributed by atoms with Crippen LogP contribution in [0.5, 0.6) is 0 Å². The first-order valence-electron chi connectivity index (χ1n) is 9.01. The Kier molecular flexibility index (Phi) is 6.34. The SMILES string of the molecule is NC(=O)c1ccc(NC(=O)NC2CCN(C3CCOCC3)CC2)cc1Cl. The molecule has 0 bridgehead atoms. The van der Waals surface area contributed by atoms with E-state index in [9.17, 15) is 9.59 Å². The Labute approximate surface area is 158 Å². The number of carbonyl (C=O) groups excluding carboxylic acids is 2. The van der Waals surface area contributed by atoms with Crippen molar-refractivity contribution in [3.63, 3.8) is 0 Å². The van der Waals surface area contributed by atoms with E-state index in [-0.39, 0.29) is 22.7 Å². The molecule has 7 nitrogen and oxygen atoms in total. The number of piperidine rings is 1. The maximum Gasteiger partial charge on any atom is 0.319 e. The van der Waals surface area contributed by atoms with Crippen LogP contribution >= 0.6 is 11.6 Å². The van der Waals surface area contributed by atoms with Crippen LogP contribution in [-0.4, -0.2) is 55.2 Å². The molecule has 0 aromatic heterocycles. The van der Waals surface area contributed by atoms with Crippen molar-refractivity contribution in [3.05, 3.63) is 28.8 Å². The van der Waals surface area contributed by atoms with Gasteiger partial charge in [0.2, 0.25) is 5.91 Å². The normalized spacial score (nSPS) is 19.9. The van der Waals surface area contributed by atoms with Crippen LogP contribution in [0, 0.1) is 0 Å². The average molecular weight is 381 g/mol. The van der Waals surface area contributed by atoms with Gasteiger partial charge in [0, 0.05) is 44.1 Å². The second-order valence-corrected chi connectivity index (χ2v) is 7.22. The predicted octanol–water partition coefficient (Wildman–Crippen LogP) is 2.20. The number of primary amides is 1. The maximum absolute atomic E-state index is 12.2. The lowest BCUT2D eigenvalue weighted by Crippen LogP contribution is -2.49. The van der Waals surface area contributed by atoms with Crippen LogP contribution in [0.2, 0.25) is 5.02 Å². The molecule has 0 unspecified atom stereocenters. The predicted molar refractivity (Wildman–Crippen MR) is 101 cm³/mol. The number of carbonyl (C=O) groups is 2. The Bertz CT molecular complexity index is 656. The second kappa shape index (κ2) is 8.70. The number of ether oxygens (including phenoxy) is 1. The van der Waals surface area contributed by atoms with E-state index in [1.165, 1.54) is 12.1 Å². The molecule has 1 aromatic rings. The molecule has 0 saturated carbocycles. The van der Waals surface area contributed by atoms with Crippen LogP contribution in [-0.2, 0) is 4.74 Å². The van der Waals surface area contributed by atoms with Crippen molar-refractivity contribution >= 4 is 29.2 Å². The maximum atomic E-state index is 12.2. The number of hydrogen-bond acceptors (Lipinski definition) is 4. The molecule has 3 rings (SSSR count). The van der Waals surface area contributed by atoms with Gasteiger partial charge in [-0.2, -0.15) is 0 Å². The minimum absolute atomic E-state index is 0.159. The Hall–Kier alpha value is -1.83. The Morgan fingerprint density at radius 2 is 1.85 bits per heavy atom. The monoisotopic (exact) mass is 380 g/mol. The summed E-state index contributed by atoms with van der Waals surface area (Å²) in [7, 11) is 0. The molecule has 142 valence electrons. The number of benzene rings is 1. The van der Waals surface area contributed by atoms with E-state index in [1.807, 2.05) is 0 Å². The lowest BCUT2D eigenvalue weighted by molar-refractivity contribution is 0.0244. The molecule has 0 spiro atoms. The van der Waals surface area contributed by atoms with E-state index in [4.69, 9.17) is 22.1 Å². The van der Waals surface area contributed by atoms with Gasteiger partial charge in [0.1, 0.15) is 0 Å². The van der Waals surface area contributed by atoms with E-state index in [0.29, 0.717) is 11.7 Å². The number of nitrogens with zero attached hydrogens (tertiary/aromatic N) is 1. The highest BCUT2D eigenvalue weighted by molar-refractivity contribution is 6.34. The quantitative estimate of drug-likeness (QED) is 0.746. The van der Waals surface area contributed by atoms with Crippen LogP contribution in [0.15, 0.2) is 18.2 Å². The fourth-order valence-corrected chi connectivity index (χ4v) is 3.88. The molecule has 2 aliphatic heterocycles. The number of hydrogen-bond donors (Lipinski definition) is 3. The first-order chi connectivity index (χ1) is 12.5. The van der Waals surface area contributed by atoms with Crippen molar-refractivity contribution in [2.24, 2.45) is 5.73 Å². The summed E-state index contributed by atoms with van der Waals surface area (Å²) in [6, 6.07) is 5.15. The lowest BCUT2D eigenvalue weighted by Gasteiger charge is -2.39. The molecule has 0 aliphatic carbocycles. The first kappa shape index (κ1) is 18.9. The molecule has 1 aromatic carbocycles. The molecule has 2 heterocycles. The van der Waals surface area contributed by atoms with Gasteiger partial charge in [-0.3, -0.25) is 4.79 Å². The molecule has 8 heteroatoms. The molecule has 26 heavy (non-hydrogen) atoms. The average Bonchev–Trinajstić information content (AvgIpc) is 2.63. The van der Waals surface area contributed by atoms with E-state index in [1.54, 1.807) is 6.07 Å². The Balaban J connectivity index is 1.45. The molecule has 4 N–H and O–H groups in total. The van der Waals surface area contributed by atoms with Crippen molar-refractivity contribution in [3.8, 4) is 0 Å². The van der Waals surface area contributed by atoms with Crippen LogP contribution in [0.25, 0.3) is 0 Å². The van der Waals surface area contributed by atoms with Crippen molar-refractivity contribution < 1.29 is 14.3 Å². The summed E-state index contributed by atoms with van der Waals surface area (Å²) in [4.78, 5) is 25.9. The molecule has 2 fully saturated rings. The molecule has 0 atom stereocenters. The third kappa shape index (κ3) is 4.87. The number of likely N-dealkylation sites (tertiary alicyclic amines) is 1. The van der Waals surface area contributed by atoms with Crippen LogP contribution in [0.4, 0.5) is 10.5 Å². The first-order valence-corrected chi connectivity index (χ1v) is 9.39. The van der Waals surface area contributed by atoms with Gasteiger partial charge in [0.05, 0.1) is 10.6 Å². The summed E-state index contributed by atoms with van der Waals surface area (Å²) < 4.78 is 5.42. The zero-order valence-corrected chi connectivity index (χ0v) is 15.4. The van der Waals surface area contributed by atoms with Gasteiger partial charge in [0.25, 0.3) is 0 Å². The zero-order chi connectivity index (χ0) is 18.5. The highest BCUT2D eigenvalue weighted by Crippen LogP contribution is 2.22. The largest absolute Gasteiger partial charge is 0.381 e. The van der Waals surface area contributed by atoms with Gasteiger partial charge in [0.15, 0.2) is 0 Å². The van der Waals surface area contributed by atoms with E-state index >= 15 is 0 Å². The summed E-state index contributed by atoms with van der Waals surface area (Å²) in [5, 5.41) is 5.99. The van der Waals surface area contributed by atoms with Crippen LogP contribution < -0.4 is 16.4 Å². The van der Waals surface area contributed by atoms with Gasteiger partial charge >= 0.3 is 6.03 Å². The minimum Gasteiger partial charge on any atom is -0.381 e. The number of amides is 3. The third-order valence-corrected chi connectivity index (χ3v) is 5.38. The molecule has 2 aliphatic rings. The zero-order valence-electron chi connectivity index (χ0n) is 14.7. The van der Waals surface area contributed by atoms with Gasteiger partial charge in [-0.15, -0.1) is 0 Å². The number of rotatable bonds is 4. The molecule has 0 radical (unpaired) electrons. The lowest BCUT2D eigenvalue weighted by atomic mass is 10.00. The van der Waals surface area contributed by atoms with Gasteiger partial charge in [-0.05, 0) is 43.9 Å². The fourth-order valence-electron chi connectivity index (χ4n) is 3.60. The Morgan fingerprint density at radius 1 is 1.15 bits per heavy atom. The molecular weight excluding hydrogens is 356 g/mol. The van der Waals surface area contributed by atoms with Gasteiger partial charge in [-0.25, -0.2) is 4.79 Å². The van der Waals surface area contributed by atoms with E-state index in [2.05, 4.69) is 15.5 Å². The van der Waals surface area contributed by atoms with Crippen LogP contribution in [0.3, 0.4) is 0 Å². The molecule has 2 saturated heterocycles. The Morgan fingerprint density at radius 3 is 2.46 bits per heavy atom. The third-order valence-electron chi connectivity index (χ3n) is 5.06.